The molecule has 2 amide bonds. The molecule has 1 saturated heterocycles. The molecular formula is C66H60N2O12. The Kier molecular flexibility index (Phi) is 18.0. The van der Waals surface area contributed by atoms with Crippen molar-refractivity contribution in [1.29, 1.82) is 0 Å². The van der Waals surface area contributed by atoms with Crippen LogP contribution in [0.4, 0.5) is 4.79 Å². The van der Waals surface area contributed by atoms with E-state index in [-0.39, 0.29) is 79.0 Å². The number of carbonyl (C=O) groups excluding carboxylic acids is 5. The highest BCUT2D eigenvalue weighted by Crippen LogP contribution is 2.38. The highest BCUT2D eigenvalue weighted by molar-refractivity contribution is 6.19. The van der Waals surface area contributed by atoms with Gasteiger partial charge in [0.25, 0.3) is 5.91 Å². The Balaban J connectivity index is 1.08. The minimum Gasteiger partial charge on any atom is -0.489 e. The standard InChI is InChI=1S/C66H60N2O12/c1-66(2,3)80-65(73)68-38-54(67-62(70)50-32-34-52(35-33-50)74-40-45-20-9-4-10-21-45)58(39-68)79-63(71)51-36-56(76-42-47-24-13-6-14-25-47)60(57(37-51)77-43-48-26-15-7-16-27-48)61(69)59-53(64(72)78-44-49-28-17-8-18-29-49)30-19-31-55(59)75-41-46-22-11-5-12-23-46/h4-37,54,58H,38-44H2,1-3H3,(H,67,70)/t54-,58-/m0/s1. The molecule has 1 N–H and O–H groups in total. The molecule has 0 spiro atoms. The Bertz CT molecular complexity index is 3330. The van der Waals surface area contributed by atoms with Crippen molar-refractivity contribution in [1.82, 2.24) is 10.2 Å². The smallest absolute Gasteiger partial charge is 0.410 e. The second kappa shape index (κ2) is 26.1. The SMILES string of the molecule is CC(C)(C)OC(=O)N1C[C@H](NC(=O)c2ccc(OCc3ccccc3)cc2)[C@@H](OC(=O)c2cc(OCc3ccccc3)c(C(=O)c3c(OCc4ccccc4)cccc3C(=O)OCc3ccccc3)c(OCc3ccccc3)c2)C1. The molecular weight excluding hydrogens is 1010 g/mol. The van der Waals surface area contributed by atoms with Gasteiger partial charge in [0, 0.05) is 12.1 Å². The fraction of sp³-hybridized carbons (Fsp3) is 0.197. The zero-order valence-corrected chi connectivity index (χ0v) is 44.6. The molecule has 0 saturated carbocycles. The van der Waals surface area contributed by atoms with E-state index in [0.717, 1.165) is 27.8 Å². The van der Waals surface area contributed by atoms with Gasteiger partial charge in [-0.3, -0.25) is 9.59 Å². The summed E-state index contributed by atoms with van der Waals surface area (Å²) < 4.78 is 43.3. The summed E-state index contributed by atoms with van der Waals surface area (Å²) >= 11 is 0. The molecule has 1 aliphatic heterocycles. The first-order chi connectivity index (χ1) is 38.8. The van der Waals surface area contributed by atoms with Gasteiger partial charge in [0.15, 0.2) is 0 Å². The fourth-order valence-electron chi connectivity index (χ4n) is 8.75. The molecule has 2 atom stereocenters. The number of rotatable bonds is 21. The Morgan fingerprint density at radius 3 is 1.43 bits per heavy atom. The molecule has 14 nitrogen and oxygen atoms in total. The molecule has 1 fully saturated rings. The van der Waals surface area contributed by atoms with Crippen LogP contribution in [-0.2, 0) is 47.2 Å². The molecule has 0 bridgehead atoms. The quantitative estimate of drug-likeness (QED) is 0.0412. The highest BCUT2D eigenvalue weighted by Gasteiger charge is 2.41. The lowest BCUT2D eigenvalue weighted by Crippen LogP contribution is -2.44. The number of likely N-dealkylation sites (tertiary alicyclic amines) is 1. The summed E-state index contributed by atoms with van der Waals surface area (Å²) in [6.07, 6.45) is -1.75. The molecule has 0 unspecified atom stereocenters. The van der Waals surface area contributed by atoms with Crippen LogP contribution in [0.1, 0.15) is 95.6 Å². The first kappa shape index (κ1) is 55.1. The monoisotopic (exact) mass is 1070 g/mol. The molecule has 1 aliphatic rings. The average Bonchev–Trinajstić information content (AvgIpc) is 4.03. The third-order valence-electron chi connectivity index (χ3n) is 12.8. The maximum Gasteiger partial charge on any atom is 0.410 e. The summed E-state index contributed by atoms with van der Waals surface area (Å²) in [6, 6.07) is 59.9. The fourth-order valence-corrected chi connectivity index (χ4v) is 8.75. The van der Waals surface area contributed by atoms with Crippen LogP contribution in [0.2, 0.25) is 0 Å². The summed E-state index contributed by atoms with van der Waals surface area (Å²) in [4.78, 5) is 73.9. The lowest BCUT2D eigenvalue weighted by molar-refractivity contribution is 0.0177. The van der Waals surface area contributed by atoms with Gasteiger partial charge in [-0.15, -0.1) is 0 Å². The highest BCUT2D eigenvalue weighted by atomic mass is 16.6. The van der Waals surface area contributed by atoms with E-state index in [1.165, 1.54) is 23.1 Å². The van der Waals surface area contributed by atoms with Crippen LogP contribution in [0.3, 0.4) is 0 Å². The van der Waals surface area contributed by atoms with E-state index in [1.54, 1.807) is 57.2 Å². The average molecular weight is 1070 g/mol. The van der Waals surface area contributed by atoms with Crippen LogP contribution in [0.5, 0.6) is 23.0 Å². The minimum atomic E-state index is -1.09. The van der Waals surface area contributed by atoms with Crippen molar-refractivity contribution >= 4 is 29.7 Å². The molecule has 1 heterocycles. The molecule has 0 aromatic heterocycles. The van der Waals surface area contributed by atoms with E-state index in [9.17, 15) is 19.2 Å². The second-order valence-electron chi connectivity index (χ2n) is 19.9. The van der Waals surface area contributed by atoms with Gasteiger partial charge in [-0.2, -0.15) is 0 Å². The van der Waals surface area contributed by atoms with Gasteiger partial charge in [-0.05, 0) is 97.1 Å². The third kappa shape index (κ3) is 14.9. The van der Waals surface area contributed by atoms with Gasteiger partial charge >= 0.3 is 18.0 Å². The number of amides is 2. The van der Waals surface area contributed by atoms with Gasteiger partial charge in [-0.25, -0.2) is 14.4 Å². The van der Waals surface area contributed by atoms with Crippen molar-refractivity contribution in [2.24, 2.45) is 0 Å². The Hall–Kier alpha value is -9.69. The Labute approximate surface area is 464 Å². The lowest BCUT2D eigenvalue weighted by Gasteiger charge is -2.24. The first-order valence-electron chi connectivity index (χ1n) is 26.2. The van der Waals surface area contributed by atoms with Crippen molar-refractivity contribution in [3.05, 3.63) is 262 Å². The summed E-state index contributed by atoms with van der Waals surface area (Å²) in [6.45, 7) is 5.23. The first-order valence-corrected chi connectivity index (χ1v) is 26.2. The summed E-state index contributed by atoms with van der Waals surface area (Å²) in [7, 11) is 0. The number of ketones is 1. The number of esters is 2. The van der Waals surface area contributed by atoms with Crippen LogP contribution in [-0.4, -0.2) is 65.5 Å². The summed E-state index contributed by atoms with van der Waals surface area (Å²) in [5, 5.41) is 2.98. The summed E-state index contributed by atoms with van der Waals surface area (Å²) in [5.41, 5.74) is 3.03. The molecule has 0 aliphatic carbocycles. The maximum absolute atomic E-state index is 15.8. The van der Waals surface area contributed by atoms with Gasteiger partial charge < -0.3 is 43.4 Å². The zero-order valence-electron chi connectivity index (χ0n) is 44.6. The Morgan fingerprint density at radius 2 is 0.938 bits per heavy atom. The van der Waals surface area contributed by atoms with Crippen molar-refractivity contribution in [2.45, 2.75) is 71.6 Å². The number of nitrogens with zero attached hydrogens (tertiary/aromatic N) is 1. The van der Waals surface area contributed by atoms with Gasteiger partial charge in [0.2, 0.25) is 5.78 Å². The van der Waals surface area contributed by atoms with E-state index in [2.05, 4.69) is 5.32 Å². The van der Waals surface area contributed by atoms with Crippen LogP contribution >= 0.6 is 0 Å². The molecule has 9 rings (SSSR count). The maximum atomic E-state index is 15.8. The van der Waals surface area contributed by atoms with Gasteiger partial charge in [-0.1, -0.05) is 158 Å². The number of benzene rings is 8. The number of ether oxygens (including phenoxy) is 7. The molecule has 406 valence electrons. The van der Waals surface area contributed by atoms with Crippen molar-refractivity contribution in [2.75, 3.05) is 13.1 Å². The predicted octanol–water partition coefficient (Wildman–Crippen LogP) is 12.2. The van der Waals surface area contributed by atoms with Crippen LogP contribution in [0.25, 0.3) is 0 Å². The topological polar surface area (TPSA) is 165 Å². The number of hydrogen-bond donors (Lipinski definition) is 1. The Morgan fingerprint density at radius 1 is 0.475 bits per heavy atom. The van der Waals surface area contributed by atoms with E-state index in [0.29, 0.717) is 17.9 Å². The largest absolute Gasteiger partial charge is 0.489 e. The van der Waals surface area contributed by atoms with Gasteiger partial charge in [0.05, 0.1) is 29.3 Å². The van der Waals surface area contributed by atoms with E-state index < -0.39 is 47.5 Å². The number of hydrogen-bond acceptors (Lipinski definition) is 12. The minimum absolute atomic E-state index is 0.0492. The molecule has 14 heteroatoms. The molecule has 0 radical (unpaired) electrons. The van der Waals surface area contributed by atoms with Crippen molar-refractivity contribution in [3.8, 4) is 23.0 Å². The molecule has 8 aromatic rings. The third-order valence-corrected chi connectivity index (χ3v) is 12.8. The van der Waals surface area contributed by atoms with Crippen LogP contribution < -0.4 is 24.3 Å². The van der Waals surface area contributed by atoms with Crippen molar-refractivity contribution in [3.63, 3.8) is 0 Å². The molecule has 80 heavy (non-hydrogen) atoms. The van der Waals surface area contributed by atoms with E-state index in [1.807, 2.05) is 152 Å². The van der Waals surface area contributed by atoms with Crippen LogP contribution in [0.15, 0.2) is 206 Å². The second-order valence-corrected chi connectivity index (χ2v) is 19.9. The van der Waals surface area contributed by atoms with Gasteiger partial charge in [0.1, 0.15) is 73.3 Å². The van der Waals surface area contributed by atoms with Crippen molar-refractivity contribution < 1.29 is 57.1 Å². The summed E-state index contributed by atoms with van der Waals surface area (Å²) in [5.74, 6) is -2.41. The number of carbonyl (C=O) groups is 5. The van der Waals surface area contributed by atoms with E-state index in [4.69, 9.17) is 33.2 Å². The molecule has 8 aromatic carbocycles. The zero-order chi connectivity index (χ0) is 55.8. The van der Waals surface area contributed by atoms with Crippen LogP contribution in [0, 0.1) is 0 Å². The predicted molar refractivity (Wildman–Crippen MR) is 300 cm³/mol. The van der Waals surface area contributed by atoms with E-state index >= 15 is 4.79 Å². The lowest BCUT2D eigenvalue weighted by atomic mass is 9.94. The normalized spacial score (nSPS) is 13.8. The number of nitrogens with one attached hydrogen (secondary N) is 1.